The maximum atomic E-state index is 10.3. The van der Waals surface area contributed by atoms with E-state index in [9.17, 15) is 5.11 Å². The average molecular weight is 552 g/mol. The van der Waals surface area contributed by atoms with Crippen LogP contribution in [0.15, 0.2) is 46.6 Å². The van der Waals surface area contributed by atoms with E-state index in [0.717, 1.165) is 52.7 Å². The summed E-state index contributed by atoms with van der Waals surface area (Å²) in [5.41, 5.74) is 5.30. The van der Waals surface area contributed by atoms with Gasteiger partial charge in [-0.3, -0.25) is 4.98 Å². The van der Waals surface area contributed by atoms with Crippen molar-refractivity contribution in [1.82, 2.24) is 9.97 Å². The summed E-state index contributed by atoms with van der Waals surface area (Å²) in [5.74, 6) is 3.38. The molecule has 4 nitrogen and oxygen atoms in total. The van der Waals surface area contributed by atoms with Gasteiger partial charge in [-0.05, 0) is 121 Å². The third kappa shape index (κ3) is 3.88. The summed E-state index contributed by atoms with van der Waals surface area (Å²) in [7, 11) is 0. The second-order valence-electron chi connectivity index (χ2n) is 12.2. The van der Waals surface area contributed by atoms with Crippen LogP contribution in [0.5, 0.6) is 5.88 Å². The van der Waals surface area contributed by atoms with Crippen molar-refractivity contribution in [3.63, 3.8) is 0 Å². The maximum absolute atomic E-state index is 10.3. The number of fused-ring (bicyclic) bond motifs is 5. The van der Waals surface area contributed by atoms with Gasteiger partial charge in [0.15, 0.2) is 0 Å². The Labute approximate surface area is 224 Å². The number of rotatable bonds is 4. The monoisotopic (exact) mass is 550 g/mol. The molecule has 7 atom stereocenters. The molecule has 0 unspecified atom stereocenters. The molecule has 3 saturated carbocycles. The van der Waals surface area contributed by atoms with E-state index >= 15 is 0 Å². The highest BCUT2D eigenvalue weighted by Crippen LogP contribution is 2.68. The first-order chi connectivity index (χ1) is 17.3. The minimum absolute atomic E-state index is 0.136. The van der Waals surface area contributed by atoms with Gasteiger partial charge in [0.2, 0.25) is 5.88 Å². The first kappa shape index (κ1) is 24.6. The van der Waals surface area contributed by atoms with Gasteiger partial charge >= 0.3 is 0 Å². The van der Waals surface area contributed by atoms with Gasteiger partial charge in [-0.25, -0.2) is 4.98 Å². The fraction of sp³-hybridized carbons (Fsp3) is 0.613. The lowest BCUT2D eigenvalue weighted by atomic mass is 9.47. The summed E-state index contributed by atoms with van der Waals surface area (Å²) in [6.07, 6.45) is 13.5. The van der Waals surface area contributed by atoms with Crippen LogP contribution in [0.25, 0.3) is 11.3 Å². The lowest BCUT2D eigenvalue weighted by Crippen LogP contribution is -2.50. The lowest BCUT2D eigenvalue weighted by molar-refractivity contribution is -0.0412. The Morgan fingerprint density at radius 2 is 1.97 bits per heavy atom. The summed E-state index contributed by atoms with van der Waals surface area (Å²) in [6, 6.07) is 8.32. The molecule has 5 heteroatoms. The molecule has 0 radical (unpaired) electrons. The van der Waals surface area contributed by atoms with Gasteiger partial charge in [-0.15, -0.1) is 0 Å². The molecule has 0 spiro atoms. The van der Waals surface area contributed by atoms with Crippen LogP contribution in [0.3, 0.4) is 0 Å². The number of hydrogen-bond donors (Lipinski definition) is 1. The van der Waals surface area contributed by atoms with Gasteiger partial charge in [-0.2, -0.15) is 0 Å². The number of nitrogens with zero attached hydrogens (tertiary/aromatic N) is 2. The Morgan fingerprint density at radius 3 is 2.78 bits per heavy atom. The fourth-order valence-electron chi connectivity index (χ4n) is 8.79. The average Bonchev–Trinajstić information content (AvgIpc) is 3.22. The van der Waals surface area contributed by atoms with E-state index in [2.05, 4.69) is 46.9 Å². The minimum Gasteiger partial charge on any atom is -0.478 e. The molecular formula is C31H39BrN2O2. The van der Waals surface area contributed by atoms with E-state index in [1.54, 1.807) is 5.57 Å². The Morgan fingerprint density at radius 1 is 1.11 bits per heavy atom. The van der Waals surface area contributed by atoms with Crippen molar-refractivity contribution in [2.75, 3.05) is 6.61 Å². The molecule has 0 aromatic carbocycles. The maximum Gasteiger partial charge on any atom is 0.214 e. The number of aliphatic hydroxyl groups is 1. The highest BCUT2D eigenvalue weighted by atomic mass is 79.9. The zero-order valence-electron chi connectivity index (χ0n) is 21.8. The molecule has 2 aromatic rings. The van der Waals surface area contributed by atoms with Crippen LogP contribution in [0.2, 0.25) is 0 Å². The summed E-state index contributed by atoms with van der Waals surface area (Å²) >= 11 is 3.70. The van der Waals surface area contributed by atoms with Gasteiger partial charge in [0.05, 0.1) is 18.4 Å². The number of aliphatic hydroxyl groups excluding tert-OH is 1. The molecule has 0 bridgehead atoms. The first-order valence-corrected chi connectivity index (χ1v) is 14.8. The number of aromatic nitrogens is 2. The van der Waals surface area contributed by atoms with Crippen LogP contribution in [-0.4, -0.2) is 27.8 Å². The highest BCUT2D eigenvalue weighted by molar-refractivity contribution is 9.10. The second kappa shape index (κ2) is 9.23. The summed E-state index contributed by atoms with van der Waals surface area (Å²) in [4.78, 5) is 9.75. The zero-order valence-corrected chi connectivity index (χ0v) is 23.4. The molecule has 4 aliphatic carbocycles. The summed E-state index contributed by atoms with van der Waals surface area (Å²) < 4.78 is 6.96. The quantitative estimate of drug-likeness (QED) is 0.396. The van der Waals surface area contributed by atoms with E-state index in [4.69, 9.17) is 9.72 Å². The van der Waals surface area contributed by atoms with Gasteiger partial charge in [0.25, 0.3) is 0 Å². The Kier molecular flexibility index (Phi) is 6.31. The van der Waals surface area contributed by atoms with Crippen molar-refractivity contribution in [2.24, 2.45) is 28.6 Å². The number of pyridine rings is 2. The number of halogens is 1. The molecule has 0 aliphatic heterocycles. The van der Waals surface area contributed by atoms with E-state index in [-0.39, 0.29) is 16.9 Å². The van der Waals surface area contributed by atoms with Crippen LogP contribution < -0.4 is 4.74 Å². The Balaban J connectivity index is 1.35. The molecular weight excluding hydrogens is 512 g/mol. The largest absolute Gasteiger partial charge is 0.478 e. The van der Waals surface area contributed by atoms with E-state index in [1.807, 2.05) is 31.3 Å². The minimum atomic E-state index is -0.136. The van der Waals surface area contributed by atoms with Crippen molar-refractivity contribution in [2.45, 2.75) is 84.2 Å². The standard InChI is InChI=1S/C31H39BrN2O2/c1-4-36-28-17-19(29-26(32)6-5-15-33-29)16-27(34-28)25-10-9-23-22-8-7-20-18-21(35)11-13-30(20,2)24(22)12-14-31(23,25)3/h5-7,15-17,21-25,35H,4,8-14,18H2,1-3H3/t21-,22-,23-,24-,25+,30-,31-/m0/s1. The molecule has 192 valence electrons. The van der Waals surface area contributed by atoms with Crippen molar-refractivity contribution in [3.8, 4) is 17.1 Å². The predicted molar refractivity (Wildman–Crippen MR) is 147 cm³/mol. The van der Waals surface area contributed by atoms with Crippen molar-refractivity contribution in [3.05, 3.63) is 52.3 Å². The lowest BCUT2D eigenvalue weighted by Gasteiger charge is -2.58. The molecule has 2 heterocycles. The Bertz CT molecular complexity index is 1180. The normalized spacial score (nSPS) is 37.5. The highest BCUT2D eigenvalue weighted by Gasteiger charge is 2.59. The van der Waals surface area contributed by atoms with Crippen molar-refractivity contribution < 1.29 is 9.84 Å². The molecule has 0 saturated heterocycles. The third-order valence-electron chi connectivity index (χ3n) is 10.6. The molecule has 4 aliphatic rings. The SMILES string of the molecule is CCOc1cc(-c2ncccc2Br)cc([C@H]2CC[C@H]3[C@@H]4CC=C5C[C@@H](O)CC[C@]5(C)[C@H]4CC[C@]23C)n1. The topological polar surface area (TPSA) is 55.2 Å². The van der Waals surface area contributed by atoms with Gasteiger partial charge in [0.1, 0.15) is 0 Å². The molecule has 3 fully saturated rings. The van der Waals surface area contributed by atoms with Gasteiger partial charge in [-0.1, -0.05) is 25.5 Å². The second-order valence-corrected chi connectivity index (χ2v) is 13.1. The summed E-state index contributed by atoms with van der Waals surface area (Å²) in [5, 5.41) is 10.3. The van der Waals surface area contributed by atoms with Crippen LogP contribution in [-0.2, 0) is 0 Å². The molecule has 2 aromatic heterocycles. The van der Waals surface area contributed by atoms with Crippen LogP contribution in [0, 0.1) is 28.6 Å². The van der Waals surface area contributed by atoms with Crippen LogP contribution >= 0.6 is 15.9 Å². The zero-order chi connectivity index (χ0) is 25.1. The first-order valence-electron chi connectivity index (χ1n) is 14.0. The number of ether oxygens (including phenoxy) is 1. The van der Waals surface area contributed by atoms with Gasteiger partial charge in [0, 0.05) is 33.9 Å². The van der Waals surface area contributed by atoms with Crippen molar-refractivity contribution in [1.29, 1.82) is 0 Å². The molecule has 36 heavy (non-hydrogen) atoms. The van der Waals surface area contributed by atoms with E-state index in [0.29, 0.717) is 18.4 Å². The predicted octanol–water partition coefficient (Wildman–Crippen LogP) is 7.71. The van der Waals surface area contributed by atoms with E-state index in [1.165, 1.54) is 37.8 Å². The van der Waals surface area contributed by atoms with E-state index < -0.39 is 0 Å². The van der Waals surface area contributed by atoms with Gasteiger partial charge < -0.3 is 9.84 Å². The number of allylic oxidation sites excluding steroid dienone is 1. The third-order valence-corrected chi connectivity index (χ3v) is 11.2. The molecule has 6 rings (SSSR count). The number of hydrogen-bond acceptors (Lipinski definition) is 4. The summed E-state index contributed by atoms with van der Waals surface area (Å²) in [6.45, 7) is 7.70. The Hall–Kier alpha value is -1.72. The van der Waals surface area contributed by atoms with Crippen LogP contribution in [0.1, 0.15) is 83.7 Å². The molecule has 1 N–H and O–H groups in total. The smallest absolute Gasteiger partial charge is 0.214 e. The van der Waals surface area contributed by atoms with Crippen LogP contribution in [0.4, 0.5) is 0 Å². The van der Waals surface area contributed by atoms with Crippen molar-refractivity contribution >= 4 is 15.9 Å². The fourth-order valence-corrected chi connectivity index (χ4v) is 9.27. The molecule has 0 amide bonds.